The fourth-order valence-corrected chi connectivity index (χ4v) is 0.700. The first kappa shape index (κ1) is 11.0. The molecule has 3 heteroatoms. The zero-order valence-electron chi connectivity index (χ0n) is 7.72. The van der Waals surface area contributed by atoms with Crippen LogP contribution in [0.1, 0.15) is 13.8 Å². The van der Waals surface area contributed by atoms with Crippen molar-refractivity contribution >= 4 is 5.97 Å². The lowest BCUT2D eigenvalue weighted by molar-refractivity contribution is -0.153. The fourth-order valence-electron chi connectivity index (χ4n) is 0.700. The van der Waals surface area contributed by atoms with Gasteiger partial charge in [0, 0.05) is 0 Å². The van der Waals surface area contributed by atoms with Crippen molar-refractivity contribution < 1.29 is 14.3 Å². The summed E-state index contributed by atoms with van der Waals surface area (Å²) in [5, 5.41) is 0. The van der Waals surface area contributed by atoms with Crippen LogP contribution in [0, 0.1) is 17.8 Å². The largest absolute Gasteiger partial charge is 0.469 e. The third kappa shape index (κ3) is 3.40. The molecule has 0 bridgehead atoms. The number of carbonyl (C=O) groups is 1. The maximum absolute atomic E-state index is 11.1. The molecule has 0 saturated carbocycles. The van der Waals surface area contributed by atoms with Crippen LogP contribution in [-0.4, -0.2) is 26.3 Å². The van der Waals surface area contributed by atoms with Crippen molar-refractivity contribution in [2.24, 2.45) is 5.41 Å². The molecule has 0 fully saturated rings. The Morgan fingerprint density at radius 1 is 1.58 bits per heavy atom. The van der Waals surface area contributed by atoms with Crippen LogP contribution in [0.4, 0.5) is 0 Å². The summed E-state index contributed by atoms with van der Waals surface area (Å²) < 4.78 is 9.61. The number of hydrogen-bond donors (Lipinski definition) is 0. The van der Waals surface area contributed by atoms with Crippen molar-refractivity contribution in [2.75, 3.05) is 20.3 Å². The predicted molar refractivity (Wildman–Crippen MR) is 45.4 cm³/mol. The zero-order valence-corrected chi connectivity index (χ0v) is 7.72. The first-order valence-electron chi connectivity index (χ1n) is 3.64. The average Bonchev–Trinajstić information content (AvgIpc) is 2.03. The van der Waals surface area contributed by atoms with E-state index in [1.807, 2.05) is 0 Å². The Labute approximate surface area is 73.0 Å². The highest BCUT2D eigenvalue weighted by molar-refractivity contribution is 5.75. The summed E-state index contributed by atoms with van der Waals surface area (Å²) >= 11 is 0. The van der Waals surface area contributed by atoms with E-state index in [1.54, 1.807) is 13.8 Å². The van der Waals surface area contributed by atoms with Crippen molar-refractivity contribution in [1.82, 2.24) is 0 Å². The van der Waals surface area contributed by atoms with Crippen LogP contribution in [0.25, 0.3) is 0 Å². The summed E-state index contributed by atoms with van der Waals surface area (Å²) in [5.74, 6) is 2.03. The van der Waals surface area contributed by atoms with Gasteiger partial charge in [-0.3, -0.25) is 4.79 Å². The summed E-state index contributed by atoms with van der Waals surface area (Å²) in [6.07, 6.45) is 4.98. The molecule has 0 rings (SSSR count). The Morgan fingerprint density at radius 3 is 2.58 bits per heavy atom. The van der Waals surface area contributed by atoms with Gasteiger partial charge in [-0.1, -0.05) is 5.92 Å². The summed E-state index contributed by atoms with van der Waals surface area (Å²) in [5.41, 5.74) is -0.619. The van der Waals surface area contributed by atoms with Gasteiger partial charge in [0.05, 0.1) is 19.1 Å². The molecule has 0 radical (unpaired) electrons. The third-order valence-electron chi connectivity index (χ3n) is 1.39. The summed E-state index contributed by atoms with van der Waals surface area (Å²) in [6.45, 7) is 4.00. The number of methoxy groups -OCH3 is 1. The van der Waals surface area contributed by atoms with Gasteiger partial charge in [-0.2, -0.15) is 0 Å². The highest BCUT2D eigenvalue weighted by atomic mass is 16.5. The first-order chi connectivity index (χ1) is 5.54. The lowest BCUT2D eigenvalue weighted by Crippen LogP contribution is -2.30. The van der Waals surface area contributed by atoms with Crippen molar-refractivity contribution in [3.63, 3.8) is 0 Å². The van der Waals surface area contributed by atoms with Crippen molar-refractivity contribution in [3.05, 3.63) is 0 Å². The summed E-state index contributed by atoms with van der Waals surface area (Å²) in [6, 6.07) is 0. The monoisotopic (exact) mass is 170 g/mol. The van der Waals surface area contributed by atoms with E-state index < -0.39 is 5.41 Å². The molecule has 0 spiro atoms. The van der Waals surface area contributed by atoms with Crippen molar-refractivity contribution in [1.29, 1.82) is 0 Å². The Kier molecular flexibility index (Phi) is 4.38. The van der Waals surface area contributed by atoms with Gasteiger partial charge >= 0.3 is 5.97 Å². The molecule has 0 N–H and O–H groups in total. The SMILES string of the molecule is C#CCOCC(C)(C)C(=O)OC. The molecule has 0 aromatic rings. The molecule has 0 aromatic heterocycles. The third-order valence-corrected chi connectivity index (χ3v) is 1.39. The number of rotatable bonds is 4. The Balaban J connectivity index is 3.88. The van der Waals surface area contributed by atoms with Crippen molar-refractivity contribution in [3.8, 4) is 12.3 Å². The van der Waals surface area contributed by atoms with Crippen LogP contribution in [0.5, 0.6) is 0 Å². The highest BCUT2D eigenvalue weighted by Crippen LogP contribution is 2.16. The smallest absolute Gasteiger partial charge is 0.313 e. The molecule has 68 valence electrons. The molecular formula is C9H14O3. The topological polar surface area (TPSA) is 35.5 Å². The van der Waals surface area contributed by atoms with Crippen LogP contribution < -0.4 is 0 Å². The zero-order chi connectivity index (χ0) is 9.61. The summed E-state index contributed by atoms with van der Waals surface area (Å²) in [4.78, 5) is 11.1. The highest BCUT2D eigenvalue weighted by Gasteiger charge is 2.28. The second-order valence-electron chi connectivity index (χ2n) is 3.07. The number of carbonyl (C=O) groups excluding carboxylic acids is 1. The van der Waals surface area contributed by atoms with Gasteiger partial charge < -0.3 is 9.47 Å². The molecular weight excluding hydrogens is 156 g/mol. The Hall–Kier alpha value is -1.01. The van der Waals surface area contributed by atoms with Crippen molar-refractivity contribution in [2.45, 2.75) is 13.8 Å². The molecule has 0 amide bonds. The minimum Gasteiger partial charge on any atom is -0.469 e. The molecule has 0 heterocycles. The van der Waals surface area contributed by atoms with E-state index >= 15 is 0 Å². The van der Waals surface area contributed by atoms with Gasteiger partial charge in [-0.15, -0.1) is 6.42 Å². The molecule has 0 aliphatic heterocycles. The van der Waals surface area contributed by atoms with Gasteiger partial charge in [0.1, 0.15) is 6.61 Å². The van der Waals surface area contributed by atoms with E-state index in [-0.39, 0.29) is 19.2 Å². The number of terminal acetylenes is 1. The second-order valence-corrected chi connectivity index (χ2v) is 3.07. The molecule has 0 aliphatic carbocycles. The minimum atomic E-state index is -0.619. The van der Waals surface area contributed by atoms with Gasteiger partial charge in [0.2, 0.25) is 0 Å². The Bertz CT molecular complexity index is 188. The molecule has 0 aromatic carbocycles. The molecule has 3 nitrogen and oxygen atoms in total. The van der Waals surface area contributed by atoms with E-state index in [2.05, 4.69) is 10.7 Å². The van der Waals surface area contributed by atoms with Crippen LogP contribution >= 0.6 is 0 Å². The summed E-state index contributed by atoms with van der Waals surface area (Å²) in [7, 11) is 1.35. The maximum atomic E-state index is 11.1. The van der Waals surface area contributed by atoms with Crippen LogP contribution in [-0.2, 0) is 14.3 Å². The minimum absolute atomic E-state index is 0.223. The van der Waals surface area contributed by atoms with Gasteiger partial charge in [-0.05, 0) is 13.8 Å². The fraction of sp³-hybridized carbons (Fsp3) is 0.667. The molecule has 0 saturated heterocycles. The normalized spacial score (nSPS) is 10.5. The van der Waals surface area contributed by atoms with Gasteiger partial charge in [0.25, 0.3) is 0 Å². The number of hydrogen-bond acceptors (Lipinski definition) is 3. The Morgan fingerprint density at radius 2 is 2.17 bits per heavy atom. The van der Waals surface area contributed by atoms with E-state index in [4.69, 9.17) is 11.2 Å². The molecule has 12 heavy (non-hydrogen) atoms. The van der Waals surface area contributed by atoms with Crippen LogP contribution in [0.3, 0.4) is 0 Å². The molecule has 0 unspecified atom stereocenters. The number of esters is 1. The number of ether oxygens (including phenoxy) is 2. The maximum Gasteiger partial charge on any atom is 0.313 e. The standard InChI is InChI=1S/C9H14O3/c1-5-6-12-7-9(2,3)8(10)11-4/h1H,6-7H2,2-4H3. The average molecular weight is 170 g/mol. The van der Waals surface area contributed by atoms with E-state index in [0.717, 1.165) is 0 Å². The molecule has 0 atom stereocenters. The van der Waals surface area contributed by atoms with Crippen LogP contribution in [0.2, 0.25) is 0 Å². The first-order valence-corrected chi connectivity index (χ1v) is 3.64. The quantitative estimate of drug-likeness (QED) is 0.356. The lowest BCUT2D eigenvalue weighted by Gasteiger charge is -2.20. The predicted octanol–water partition coefficient (Wildman–Crippen LogP) is 0.835. The second kappa shape index (κ2) is 4.78. The van der Waals surface area contributed by atoms with Gasteiger partial charge in [0.15, 0.2) is 0 Å². The van der Waals surface area contributed by atoms with E-state index in [0.29, 0.717) is 0 Å². The van der Waals surface area contributed by atoms with E-state index in [1.165, 1.54) is 7.11 Å². The van der Waals surface area contributed by atoms with E-state index in [9.17, 15) is 4.79 Å². The van der Waals surface area contributed by atoms with Gasteiger partial charge in [-0.25, -0.2) is 0 Å². The molecule has 0 aliphatic rings. The van der Waals surface area contributed by atoms with Crippen LogP contribution in [0.15, 0.2) is 0 Å². The lowest BCUT2D eigenvalue weighted by atomic mass is 9.95.